The lowest BCUT2D eigenvalue weighted by atomic mass is 9.84. The van der Waals surface area contributed by atoms with Gasteiger partial charge in [0.25, 0.3) is 0 Å². The van der Waals surface area contributed by atoms with Crippen molar-refractivity contribution in [2.24, 2.45) is 5.73 Å². The summed E-state index contributed by atoms with van der Waals surface area (Å²) in [6.07, 6.45) is 3.81. The fourth-order valence-electron chi connectivity index (χ4n) is 3.04. The minimum absolute atomic E-state index is 0.0915. The molecule has 1 fully saturated rings. The monoisotopic (exact) mass is 264 g/mol. The minimum atomic E-state index is -0.191. The Morgan fingerprint density at radius 1 is 1.21 bits per heavy atom. The summed E-state index contributed by atoms with van der Waals surface area (Å²) in [6, 6.07) is 4.82. The number of nitrogens with zero attached hydrogens (tertiary/aromatic N) is 1. The molecule has 2 rings (SSSR count). The fraction of sp³-hybridized carbons (Fsp3) is 0.625. The maximum atomic E-state index is 13.2. The third-order valence-electron chi connectivity index (χ3n) is 4.50. The van der Waals surface area contributed by atoms with Gasteiger partial charge in [-0.25, -0.2) is 4.39 Å². The number of halogens is 1. The number of nitrogens with two attached hydrogens (primary N) is 1. The summed E-state index contributed by atoms with van der Waals surface area (Å²) >= 11 is 0. The summed E-state index contributed by atoms with van der Waals surface area (Å²) in [5, 5.41) is 0. The van der Waals surface area contributed by atoms with E-state index in [2.05, 4.69) is 18.7 Å². The highest BCUT2D eigenvalue weighted by molar-refractivity contribution is 5.31. The van der Waals surface area contributed by atoms with Crippen molar-refractivity contribution in [3.8, 4) is 0 Å². The Labute approximate surface area is 115 Å². The molecule has 0 radical (unpaired) electrons. The van der Waals surface area contributed by atoms with Gasteiger partial charge in [-0.1, -0.05) is 12.5 Å². The van der Waals surface area contributed by atoms with Crippen molar-refractivity contribution in [2.75, 3.05) is 13.1 Å². The maximum Gasteiger partial charge on any atom is 0.123 e. The Kier molecular flexibility index (Phi) is 4.26. The minimum Gasteiger partial charge on any atom is -0.322 e. The molecule has 0 aliphatic carbocycles. The van der Waals surface area contributed by atoms with Gasteiger partial charge in [-0.2, -0.15) is 0 Å². The molecule has 1 aliphatic rings. The zero-order valence-corrected chi connectivity index (χ0v) is 12.2. The highest BCUT2D eigenvalue weighted by Crippen LogP contribution is 2.32. The summed E-state index contributed by atoms with van der Waals surface area (Å²) in [4.78, 5) is 2.48. The lowest BCUT2D eigenvalue weighted by Gasteiger charge is -2.45. The molecule has 2 N–H and O–H groups in total. The van der Waals surface area contributed by atoms with Gasteiger partial charge in [0.2, 0.25) is 0 Å². The van der Waals surface area contributed by atoms with Crippen LogP contribution in [0, 0.1) is 12.7 Å². The number of benzene rings is 1. The molecule has 0 spiro atoms. The smallest absolute Gasteiger partial charge is 0.123 e. The van der Waals surface area contributed by atoms with Crippen molar-refractivity contribution < 1.29 is 4.39 Å². The van der Waals surface area contributed by atoms with Gasteiger partial charge in [0, 0.05) is 11.6 Å². The molecule has 0 amide bonds. The van der Waals surface area contributed by atoms with Crippen LogP contribution >= 0.6 is 0 Å². The number of hydrogen-bond donors (Lipinski definition) is 1. The van der Waals surface area contributed by atoms with Gasteiger partial charge in [-0.15, -0.1) is 0 Å². The Morgan fingerprint density at radius 2 is 1.84 bits per heavy atom. The normalized spacial score (nSPS) is 19.4. The molecule has 1 heterocycles. The number of likely N-dealkylation sites (tertiary alicyclic amines) is 1. The predicted molar refractivity (Wildman–Crippen MR) is 77.6 cm³/mol. The summed E-state index contributed by atoms with van der Waals surface area (Å²) < 4.78 is 13.2. The first-order chi connectivity index (χ1) is 8.93. The summed E-state index contributed by atoms with van der Waals surface area (Å²) in [7, 11) is 0. The van der Waals surface area contributed by atoms with Crippen LogP contribution in [0.2, 0.25) is 0 Å². The van der Waals surface area contributed by atoms with E-state index >= 15 is 0 Å². The quantitative estimate of drug-likeness (QED) is 0.906. The summed E-state index contributed by atoms with van der Waals surface area (Å²) in [5.41, 5.74) is 8.39. The molecule has 1 unspecified atom stereocenters. The van der Waals surface area contributed by atoms with Crippen molar-refractivity contribution >= 4 is 0 Å². The molecule has 0 bridgehead atoms. The predicted octanol–water partition coefficient (Wildman–Crippen LogP) is 3.40. The summed E-state index contributed by atoms with van der Waals surface area (Å²) in [5.74, 6) is -0.191. The lowest BCUT2D eigenvalue weighted by Crippen LogP contribution is -2.53. The van der Waals surface area contributed by atoms with Crippen LogP contribution in [0.15, 0.2) is 18.2 Å². The fourth-order valence-corrected chi connectivity index (χ4v) is 3.04. The topological polar surface area (TPSA) is 29.3 Å². The van der Waals surface area contributed by atoms with E-state index in [1.54, 1.807) is 6.07 Å². The van der Waals surface area contributed by atoms with E-state index in [0.717, 1.165) is 24.2 Å². The Morgan fingerprint density at radius 3 is 2.42 bits per heavy atom. The van der Waals surface area contributed by atoms with Crippen LogP contribution in [-0.2, 0) is 0 Å². The average Bonchev–Trinajstić information content (AvgIpc) is 2.39. The van der Waals surface area contributed by atoms with E-state index in [-0.39, 0.29) is 17.4 Å². The van der Waals surface area contributed by atoms with Gasteiger partial charge >= 0.3 is 0 Å². The van der Waals surface area contributed by atoms with E-state index in [0.29, 0.717) is 0 Å². The first-order valence-corrected chi connectivity index (χ1v) is 7.19. The van der Waals surface area contributed by atoms with Gasteiger partial charge in [0.05, 0.1) is 0 Å². The molecule has 0 aromatic heterocycles. The Hall–Kier alpha value is -0.930. The summed E-state index contributed by atoms with van der Waals surface area (Å²) in [6.45, 7) is 8.56. The second-order valence-corrected chi connectivity index (χ2v) is 6.18. The zero-order chi connectivity index (χ0) is 14.0. The lowest BCUT2D eigenvalue weighted by molar-refractivity contribution is 0.0728. The SMILES string of the molecule is Cc1cc(F)ccc1C(N)C(C)(C)N1CCCCC1. The highest BCUT2D eigenvalue weighted by atomic mass is 19.1. The van der Waals surface area contributed by atoms with Gasteiger partial charge in [-0.3, -0.25) is 4.90 Å². The van der Waals surface area contributed by atoms with Gasteiger partial charge in [0.15, 0.2) is 0 Å². The molecule has 2 nitrogen and oxygen atoms in total. The van der Waals surface area contributed by atoms with Crippen LogP contribution < -0.4 is 5.73 Å². The molecule has 1 aliphatic heterocycles. The van der Waals surface area contributed by atoms with Crippen LogP contribution in [0.3, 0.4) is 0 Å². The second-order valence-electron chi connectivity index (χ2n) is 6.18. The highest BCUT2D eigenvalue weighted by Gasteiger charge is 2.35. The molecule has 106 valence electrons. The molecule has 1 aromatic rings. The maximum absolute atomic E-state index is 13.2. The number of piperidine rings is 1. The third kappa shape index (κ3) is 2.98. The van der Waals surface area contributed by atoms with Crippen LogP contribution in [0.25, 0.3) is 0 Å². The molecular formula is C16H25FN2. The van der Waals surface area contributed by atoms with Crippen LogP contribution in [0.4, 0.5) is 4.39 Å². The van der Waals surface area contributed by atoms with Crippen LogP contribution in [0.5, 0.6) is 0 Å². The Bertz CT molecular complexity index is 436. The first-order valence-electron chi connectivity index (χ1n) is 7.19. The van der Waals surface area contributed by atoms with Crippen molar-refractivity contribution in [1.82, 2.24) is 4.90 Å². The number of aryl methyl sites for hydroxylation is 1. The molecule has 3 heteroatoms. The van der Waals surface area contributed by atoms with Crippen molar-refractivity contribution in [2.45, 2.75) is 51.6 Å². The third-order valence-corrected chi connectivity index (χ3v) is 4.50. The van der Waals surface area contributed by atoms with Gasteiger partial charge in [-0.05, 0) is 70.0 Å². The van der Waals surface area contributed by atoms with E-state index in [1.807, 2.05) is 13.0 Å². The molecule has 1 atom stereocenters. The van der Waals surface area contributed by atoms with Crippen molar-refractivity contribution in [3.05, 3.63) is 35.1 Å². The van der Waals surface area contributed by atoms with E-state index in [1.165, 1.54) is 25.3 Å². The molecule has 1 aromatic carbocycles. The van der Waals surface area contributed by atoms with Crippen LogP contribution in [-0.4, -0.2) is 23.5 Å². The number of hydrogen-bond acceptors (Lipinski definition) is 2. The van der Waals surface area contributed by atoms with E-state index < -0.39 is 0 Å². The van der Waals surface area contributed by atoms with Crippen molar-refractivity contribution in [1.29, 1.82) is 0 Å². The molecule has 19 heavy (non-hydrogen) atoms. The molecular weight excluding hydrogens is 239 g/mol. The van der Waals surface area contributed by atoms with Gasteiger partial charge in [0.1, 0.15) is 5.82 Å². The molecule has 0 saturated carbocycles. The first kappa shape index (κ1) is 14.5. The van der Waals surface area contributed by atoms with E-state index in [4.69, 9.17) is 5.73 Å². The zero-order valence-electron chi connectivity index (χ0n) is 12.2. The van der Waals surface area contributed by atoms with Crippen LogP contribution in [0.1, 0.15) is 50.3 Å². The van der Waals surface area contributed by atoms with Gasteiger partial charge < -0.3 is 5.73 Å². The van der Waals surface area contributed by atoms with E-state index in [9.17, 15) is 4.39 Å². The number of rotatable bonds is 3. The average molecular weight is 264 g/mol. The standard InChI is InChI=1S/C16H25FN2/c1-12-11-13(17)7-8-14(12)15(18)16(2,3)19-9-5-4-6-10-19/h7-8,11,15H,4-6,9-10,18H2,1-3H3. The van der Waals surface area contributed by atoms with Crippen molar-refractivity contribution in [3.63, 3.8) is 0 Å². The second kappa shape index (κ2) is 5.59. The Balaban J connectivity index is 2.23. The molecule has 1 saturated heterocycles. The largest absolute Gasteiger partial charge is 0.322 e.